The van der Waals surface area contributed by atoms with Crippen LogP contribution in [0.15, 0.2) is 42.6 Å². The first-order valence-corrected chi connectivity index (χ1v) is 11.2. The predicted molar refractivity (Wildman–Crippen MR) is 123 cm³/mol. The topological polar surface area (TPSA) is 87.7 Å². The summed E-state index contributed by atoms with van der Waals surface area (Å²) in [4.78, 5) is 28.3. The summed E-state index contributed by atoms with van der Waals surface area (Å²) in [5.41, 5.74) is -0.889. The van der Waals surface area contributed by atoms with Crippen LogP contribution in [0.2, 0.25) is 0 Å². The molecular formula is C24H30FN5O3. The van der Waals surface area contributed by atoms with Crippen molar-refractivity contribution in [2.24, 2.45) is 5.92 Å². The van der Waals surface area contributed by atoms with E-state index in [4.69, 9.17) is 4.74 Å². The lowest BCUT2D eigenvalue weighted by Gasteiger charge is -2.38. The fraction of sp³-hybridized carbons (Fsp3) is 0.500. The van der Waals surface area contributed by atoms with Gasteiger partial charge in [-0.2, -0.15) is 5.10 Å². The maximum Gasteiger partial charge on any atom is 0.410 e. The van der Waals surface area contributed by atoms with Crippen molar-refractivity contribution in [3.8, 4) is 0 Å². The maximum atomic E-state index is 15.6. The molecule has 8 nitrogen and oxygen atoms in total. The minimum Gasteiger partial charge on any atom is -0.444 e. The van der Waals surface area contributed by atoms with Gasteiger partial charge in [-0.3, -0.25) is 4.79 Å². The maximum absolute atomic E-state index is 15.6. The van der Waals surface area contributed by atoms with E-state index in [9.17, 15) is 9.59 Å². The summed E-state index contributed by atoms with van der Waals surface area (Å²) in [6.07, 6.45) is 1.62. The van der Waals surface area contributed by atoms with Crippen LogP contribution < -0.4 is 10.2 Å². The molecule has 1 aromatic heterocycles. The summed E-state index contributed by atoms with van der Waals surface area (Å²) in [5, 5.41) is 10.8. The molecule has 2 aliphatic heterocycles. The number of hydrogen-bond acceptors (Lipinski definition) is 6. The number of halogens is 1. The number of nitrogens with zero attached hydrogens (tertiary/aromatic N) is 4. The van der Waals surface area contributed by atoms with Crippen LogP contribution in [0.4, 0.5) is 20.7 Å². The number of aromatic nitrogens is 2. The van der Waals surface area contributed by atoms with Crippen molar-refractivity contribution in [2.75, 3.05) is 36.4 Å². The summed E-state index contributed by atoms with van der Waals surface area (Å²) in [6.45, 7) is 7.21. The fourth-order valence-corrected chi connectivity index (χ4v) is 4.05. The number of ether oxygens (including phenoxy) is 1. The highest BCUT2D eigenvalue weighted by Gasteiger charge is 2.39. The van der Waals surface area contributed by atoms with Gasteiger partial charge in [-0.25, -0.2) is 9.18 Å². The van der Waals surface area contributed by atoms with Crippen LogP contribution in [-0.2, 0) is 15.2 Å². The molecule has 0 unspecified atom stereocenters. The molecule has 4 rings (SSSR count). The van der Waals surface area contributed by atoms with E-state index in [2.05, 4.69) is 15.5 Å². The third kappa shape index (κ3) is 5.40. The summed E-state index contributed by atoms with van der Waals surface area (Å²) in [5.74, 6) is 0.566. The SMILES string of the molecule is CC(C)(C)OC(=O)N1CCC(F)(c2ccc(NC(=O)C3CN(c4cccnn4)C3)cc2)CC1. The molecule has 2 fully saturated rings. The number of piperidine rings is 1. The monoisotopic (exact) mass is 455 g/mol. The van der Waals surface area contributed by atoms with E-state index in [-0.39, 0.29) is 24.7 Å². The highest BCUT2D eigenvalue weighted by atomic mass is 19.1. The quantitative estimate of drug-likeness (QED) is 0.756. The molecule has 0 bridgehead atoms. The van der Waals surface area contributed by atoms with Crippen molar-refractivity contribution in [3.63, 3.8) is 0 Å². The number of alkyl halides is 1. The van der Waals surface area contributed by atoms with Crippen molar-refractivity contribution in [3.05, 3.63) is 48.2 Å². The van der Waals surface area contributed by atoms with Crippen LogP contribution in [0.5, 0.6) is 0 Å². The van der Waals surface area contributed by atoms with Crippen molar-refractivity contribution >= 4 is 23.5 Å². The molecular weight excluding hydrogens is 425 g/mol. The summed E-state index contributed by atoms with van der Waals surface area (Å²) >= 11 is 0. The lowest BCUT2D eigenvalue weighted by Crippen LogP contribution is -2.52. The highest BCUT2D eigenvalue weighted by Crippen LogP contribution is 2.38. The van der Waals surface area contributed by atoms with Gasteiger partial charge in [0.25, 0.3) is 0 Å². The van der Waals surface area contributed by atoms with Crippen LogP contribution in [0.1, 0.15) is 39.2 Å². The molecule has 1 N–H and O–H groups in total. The molecule has 9 heteroatoms. The number of benzene rings is 1. The Morgan fingerprint density at radius 1 is 1.12 bits per heavy atom. The van der Waals surface area contributed by atoms with Crippen LogP contribution in [0, 0.1) is 5.92 Å². The second-order valence-electron chi connectivity index (χ2n) is 9.68. The van der Waals surface area contributed by atoms with Crippen LogP contribution >= 0.6 is 0 Å². The van der Waals surface area contributed by atoms with Gasteiger partial charge < -0.3 is 19.9 Å². The van der Waals surface area contributed by atoms with E-state index in [0.29, 0.717) is 37.4 Å². The number of hydrogen-bond donors (Lipinski definition) is 1. The Kier molecular flexibility index (Phi) is 6.23. The number of carbonyl (C=O) groups is 2. The van der Waals surface area contributed by atoms with Gasteiger partial charge >= 0.3 is 6.09 Å². The zero-order valence-electron chi connectivity index (χ0n) is 19.3. The lowest BCUT2D eigenvalue weighted by molar-refractivity contribution is -0.120. The molecule has 0 aliphatic carbocycles. The second kappa shape index (κ2) is 8.96. The third-order valence-electron chi connectivity index (χ3n) is 6.01. The first-order valence-electron chi connectivity index (χ1n) is 11.2. The van der Waals surface area contributed by atoms with Gasteiger partial charge in [0.05, 0.1) is 5.92 Å². The zero-order chi connectivity index (χ0) is 23.6. The molecule has 0 spiro atoms. The van der Waals surface area contributed by atoms with Gasteiger partial charge in [-0.15, -0.1) is 5.10 Å². The van der Waals surface area contributed by atoms with Crippen molar-refractivity contribution < 1.29 is 18.7 Å². The molecule has 3 heterocycles. The van der Waals surface area contributed by atoms with Crippen molar-refractivity contribution in [1.29, 1.82) is 0 Å². The highest BCUT2D eigenvalue weighted by molar-refractivity contribution is 5.94. The van der Waals surface area contributed by atoms with Gasteiger partial charge in [-0.1, -0.05) is 12.1 Å². The zero-order valence-corrected chi connectivity index (χ0v) is 19.3. The fourth-order valence-electron chi connectivity index (χ4n) is 4.05. The molecule has 1 aromatic carbocycles. The van der Waals surface area contributed by atoms with Crippen LogP contribution in [0.3, 0.4) is 0 Å². The Morgan fingerprint density at radius 2 is 1.79 bits per heavy atom. The van der Waals surface area contributed by atoms with E-state index in [1.165, 1.54) is 0 Å². The molecule has 2 aliphatic rings. The van der Waals surface area contributed by atoms with Gasteiger partial charge in [0.1, 0.15) is 11.3 Å². The standard InChI is InChI=1S/C24H30FN5O3/c1-23(2,3)33-22(32)29-13-10-24(25,11-14-29)18-6-8-19(9-7-18)27-21(31)17-15-30(16-17)20-5-4-12-26-28-20/h4-9,12,17H,10-11,13-16H2,1-3H3,(H,27,31). The first kappa shape index (κ1) is 22.9. The molecule has 0 atom stereocenters. The van der Waals surface area contributed by atoms with Crippen LogP contribution in [0.25, 0.3) is 0 Å². The summed E-state index contributed by atoms with van der Waals surface area (Å²) in [7, 11) is 0. The van der Waals surface area contributed by atoms with Crippen molar-refractivity contribution in [1.82, 2.24) is 15.1 Å². The number of anilines is 2. The largest absolute Gasteiger partial charge is 0.444 e. The van der Waals surface area contributed by atoms with Gasteiger partial charge in [0.2, 0.25) is 5.91 Å². The van der Waals surface area contributed by atoms with E-state index in [0.717, 1.165) is 5.82 Å². The smallest absolute Gasteiger partial charge is 0.410 e. The Labute approximate surface area is 193 Å². The Morgan fingerprint density at radius 3 is 2.36 bits per heavy atom. The van der Waals surface area contributed by atoms with Gasteiger partial charge in [0.15, 0.2) is 5.82 Å². The molecule has 0 radical (unpaired) electrons. The number of nitrogens with one attached hydrogen (secondary N) is 1. The average Bonchev–Trinajstić information content (AvgIpc) is 2.73. The van der Waals surface area contributed by atoms with Crippen LogP contribution in [-0.4, -0.2) is 58.9 Å². The summed E-state index contributed by atoms with van der Waals surface area (Å²) < 4.78 is 21.0. The Balaban J connectivity index is 1.28. The molecule has 2 amide bonds. The average molecular weight is 456 g/mol. The van der Waals surface area contributed by atoms with E-state index in [1.54, 1.807) is 35.4 Å². The van der Waals surface area contributed by atoms with E-state index < -0.39 is 17.4 Å². The first-order chi connectivity index (χ1) is 15.6. The Bertz CT molecular complexity index is 979. The van der Waals surface area contributed by atoms with E-state index >= 15 is 4.39 Å². The molecule has 33 heavy (non-hydrogen) atoms. The Hall–Kier alpha value is -3.23. The second-order valence-corrected chi connectivity index (χ2v) is 9.68. The minimum absolute atomic E-state index is 0.0662. The predicted octanol–water partition coefficient (Wildman–Crippen LogP) is 3.75. The third-order valence-corrected chi connectivity index (χ3v) is 6.01. The molecule has 2 saturated heterocycles. The number of likely N-dealkylation sites (tertiary alicyclic amines) is 1. The number of rotatable bonds is 4. The molecule has 0 saturated carbocycles. The van der Waals surface area contributed by atoms with Gasteiger partial charge in [0, 0.05) is 50.9 Å². The minimum atomic E-state index is -1.51. The normalized spacial score (nSPS) is 18.4. The van der Waals surface area contributed by atoms with Gasteiger partial charge in [-0.05, 0) is 50.6 Å². The summed E-state index contributed by atoms with van der Waals surface area (Å²) in [6, 6.07) is 10.6. The number of amides is 2. The number of carbonyl (C=O) groups excluding carboxylic acids is 2. The lowest BCUT2D eigenvalue weighted by atomic mass is 9.86. The van der Waals surface area contributed by atoms with Crippen molar-refractivity contribution in [2.45, 2.75) is 44.9 Å². The molecule has 176 valence electrons. The molecule has 2 aromatic rings. The van der Waals surface area contributed by atoms with E-state index in [1.807, 2.05) is 37.8 Å².